The molecule has 0 saturated carbocycles. The maximum Gasteiger partial charge on any atom is 0.252 e. The summed E-state index contributed by atoms with van der Waals surface area (Å²) in [4.78, 5) is 15.0. The molecule has 4 heteroatoms. The summed E-state index contributed by atoms with van der Waals surface area (Å²) in [6.07, 6.45) is 4.79. The van der Waals surface area contributed by atoms with Crippen molar-refractivity contribution in [2.24, 2.45) is 0 Å². The molecule has 0 aromatic heterocycles. The minimum absolute atomic E-state index is 0.0528. The average molecular weight is 337 g/mol. The summed E-state index contributed by atoms with van der Waals surface area (Å²) < 4.78 is 0.913. The summed E-state index contributed by atoms with van der Waals surface area (Å²) in [6.45, 7) is 4.39. The van der Waals surface area contributed by atoms with E-state index in [9.17, 15) is 4.79 Å². The first-order chi connectivity index (χ1) is 9.65. The number of nitrogens with zero attached hydrogens (tertiary/aromatic N) is 1. The van der Waals surface area contributed by atoms with Gasteiger partial charge in [-0.15, -0.1) is 0 Å². The van der Waals surface area contributed by atoms with E-state index in [2.05, 4.69) is 26.1 Å². The fraction of sp³-hybridized carbons (Fsp3) is 0.562. The number of fused-ring (bicyclic) bond motifs is 1. The molecule has 2 aliphatic rings. The normalized spacial score (nSPS) is 26.3. The van der Waals surface area contributed by atoms with Crippen molar-refractivity contribution in [2.45, 2.75) is 44.7 Å². The average Bonchev–Trinajstić information content (AvgIpc) is 2.89. The van der Waals surface area contributed by atoms with Gasteiger partial charge in [-0.1, -0.05) is 12.1 Å². The van der Waals surface area contributed by atoms with Crippen LogP contribution in [0.2, 0.25) is 0 Å². The summed E-state index contributed by atoms with van der Waals surface area (Å²) >= 11 is 3.52. The second-order valence-corrected chi connectivity index (χ2v) is 6.76. The Labute approximate surface area is 128 Å². The Kier molecular flexibility index (Phi) is 4.13. The molecule has 1 aromatic carbocycles. The quantitative estimate of drug-likeness (QED) is 0.899. The molecule has 1 aromatic rings. The summed E-state index contributed by atoms with van der Waals surface area (Å²) in [7, 11) is 0. The molecule has 0 spiro atoms. The van der Waals surface area contributed by atoms with Crippen molar-refractivity contribution < 1.29 is 4.79 Å². The zero-order chi connectivity index (χ0) is 14.1. The Morgan fingerprint density at radius 3 is 3.05 bits per heavy atom. The molecule has 2 heterocycles. The highest BCUT2D eigenvalue weighted by Crippen LogP contribution is 2.27. The molecule has 3 rings (SSSR count). The fourth-order valence-corrected chi connectivity index (χ4v) is 3.89. The second-order valence-electron chi connectivity index (χ2n) is 5.96. The van der Waals surface area contributed by atoms with Crippen LogP contribution in [0.15, 0.2) is 22.7 Å². The Balaban J connectivity index is 1.65. The van der Waals surface area contributed by atoms with Crippen LogP contribution in [0.3, 0.4) is 0 Å². The monoisotopic (exact) mass is 336 g/mol. The first-order valence-corrected chi connectivity index (χ1v) is 8.24. The SMILES string of the molecule is Cc1cccc(C(=O)NC2CCN3CCCC3C2)c1Br. The van der Waals surface area contributed by atoms with E-state index in [4.69, 9.17) is 0 Å². The van der Waals surface area contributed by atoms with Crippen LogP contribution in [0.5, 0.6) is 0 Å². The van der Waals surface area contributed by atoms with E-state index in [-0.39, 0.29) is 5.91 Å². The summed E-state index contributed by atoms with van der Waals surface area (Å²) in [5, 5.41) is 3.22. The fourth-order valence-electron chi connectivity index (χ4n) is 3.44. The first kappa shape index (κ1) is 14.1. The number of benzene rings is 1. The summed E-state index contributed by atoms with van der Waals surface area (Å²) in [6, 6.07) is 6.85. The molecule has 1 N–H and O–H groups in total. The molecule has 2 atom stereocenters. The van der Waals surface area contributed by atoms with E-state index in [1.807, 2.05) is 25.1 Å². The number of piperidine rings is 1. The molecule has 2 unspecified atom stereocenters. The first-order valence-electron chi connectivity index (χ1n) is 7.45. The molecule has 20 heavy (non-hydrogen) atoms. The van der Waals surface area contributed by atoms with E-state index in [0.29, 0.717) is 12.1 Å². The Bertz CT molecular complexity index is 517. The van der Waals surface area contributed by atoms with Gasteiger partial charge in [0.05, 0.1) is 5.56 Å². The molecule has 0 bridgehead atoms. The maximum absolute atomic E-state index is 12.4. The van der Waals surface area contributed by atoms with Crippen LogP contribution >= 0.6 is 15.9 Å². The lowest BCUT2D eigenvalue weighted by atomic mass is 9.97. The predicted molar refractivity (Wildman–Crippen MR) is 84.0 cm³/mol. The number of halogens is 1. The van der Waals surface area contributed by atoms with Gasteiger partial charge in [-0.3, -0.25) is 4.79 Å². The number of nitrogens with one attached hydrogen (secondary N) is 1. The number of amides is 1. The minimum atomic E-state index is 0.0528. The highest BCUT2D eigenvalue weighted by Gasteiger charge is 2.32. The van der Waals surface area contributed by atoms with Crippen molar-refractivity contribution in [1.82, 2.24) is 10.2 Å². The number of carbonyl (C=O) groups is 1. The number of carbonyl (C=O) groups excluding carboxylic acids is 1. The lowest BCUT2D eigenvalue weighted by molar-refractivity contribution is 0.0895. The molecule has 3 nitrogen and oxygen atoms in total. The van der Waals surface area contributed by atoms with Gasteiger partial charge < -0.3 is 10.2 Å². The standard InChI is InChI=1S/C16H21BrN2O/c1-11-4-2-6-14(15(11)17)16(20)18-12-7-9-19-8-3-5-13(19)10-12/h2,4,6,12-13H,3,5,7-10H2,1H3,(H,18,20). The summed E-state index contributed by atoms with van der Waals surface area (Å²) in [5.74, 6) is 0.0528. The van der Waals surface area contributed by atoms with Gasteiger partial charge in [-0.25, -0.2) is 0 Å². The lowest BCUT2D eigenvalue weighted by Crippen LogP contribution is -2.47. The van der Waals surface area contributed by atoms with Crippen molar-refractivity contribution in [1.29, 1.82) is 0 Å². The number of aryl methyl sites for hydroxylation is 1. The van der Waals surface area contributed by atoms with Crippen molar-refractivity contribution in [2.75, 3.05) is 13.1 Å². The van der Waals surface area contributed by atoms with Crippen molar-refractivity contribution >= 4 is 21.8 Å². The van der Waals surface area contributed by atoms with Crippen molar-refractivity contribution in [3.63, 3.8) is 0 Å². The molecular weight excluding hydrogens is 316 g/mol. The predicted octanol–water partition coefficient (Wildman–Crippen LogP) is 3.11. The number of rotatable bonds is 2. The van der Waals surface area contributed by atoms with Gasteiger partial charge in [-0.2, -0.15) is 0 Å². The van der Waals surface area contributed by atoms with E-state index in [0.717, 1.165) is 35.0 Å². The van der Waals surface area contributed by atoms with Gasteiger partial charge >= 0.3 is 0 Å². The van der Waals surface area contributed by atoms with Gasteiger partial charge in [0.25, 0.3) is 5.91 Å². The van der Waals surface area contributed by atoms with Crippen LogP contribution in [0, 0.1) is 6.92 Å². The molecule has 2 saturated heterocycles. The van der Waals surface area contributed by atoms with Gasteiger partial charge in [0.15, 0.2) is 0 Å². The van der Waals surface area contributed by atoms with Crippen molar-refractivity contribution in [3.05, 3.63) is 33.8 Å². The molecule has 0 aliphatic carbocycles. The van der Waals surface area contributed by atoms with Crippen LogP contribution in [0.25, 0.3) is 0 Å². The third-order valence-electron chi connectivity index (χ3n) is 4.59. The van der Waals surface area contributed by atoms with Gasteiger partial charge in [0.2, 0.25) is 0 Å². The molecule has 0 radical (unpaired) electrons. The zero-order valence-corrected chi connectivity index (χ0v) is 13.4. The largest absolute Gasteiger partial charge is 0.349 e. The maximum atomic E-state index is 12.4. The number of hydrogen-bond donors (Lipinski definition) is 1. The molecular formula is C16H21BrN2O. The lowest BCUT2D eigenvalue weighted by Gasteiger charge is -2.35. The van der Waals surface area contributed by atoms with Crippen LogP contribution in [0.1, 0.15) is 41.6 Å². The van der Waals surface area contributed by atoms with Crippen LogP contribution in [-0.4, -0.2) is 36.0 Å². The Morgan fingerprint density at radius 1 is 1.35 bits per heavy atom. The van der Waals surface area contributed by atoms with E-state index < -0.39 is 0 Å². The van der Waals surface area contributed by atoms with E-state index in [1.165, 1.54) is 19.4 Å². The third-order valence-corrected chi connectivity index (χ3v) is 5.64. The van der Waals surface area contributed by atoms with Gasteiger partial charge in [0.1, 0.15) is 0 Å². The van der Waals surface area contributed by atoms with E-state index >= 15 is 0 Å². The minimum Gasteiger partial charge on any atom is -0.349 e. The highest BCUT2D eigenvalue weighted by molar-refractivity contribution is 9.10. The molecule has 1 amide bonds. The zero-order valence-electron chi connectivity index (χ0n) is 11.9. The topological polar surface area (TPSA) is 32.3 Å². The van der Waals surface area contributed by atoms with E-state index in [1.54, 1.807) is 0 Å². The summed E-state index contributed by atoms with van der Waals surface area (Å²) in [5.41, 5.74) is 1.85. The second kappa shape index (κ2) is 5.86. The molecule has 2 fully saturated rings. The Hall–Kier alpha value is -0.870. The van der Waals surface area contributed by atoms with Crippen LogP contribution < -0.4 is 5.32 Å². The molecule has 2 aliphatic heterocycles. The highest BCUT2D eigenvalue weighted by atomic mass is 79.9. The van der Waals surface area contributed by atoms with Gasteiger partial charge in [0, 0.05) is 23.1 Å². The number of hydrogen-bond acceptors (Lipinski definition) is 2. The van der Waals surface area contributed by atoms with Crippen molar-refractivity contribution in [3.8, 4) is 0 Å². The smallest absolute Gasteiger partial charge is 0.252 e. The van der Waals surface area contributed by atoms with Crippen LogP contribution in [-0.2, 0) is 0 Å². The van der Waals surface area contributed by atoms with Gasteiger partial charge in [-0.05, 0) is 66.7 Å². The molecule has 108 valence electrons. The third kappa shape index (κ3) is 2.77. The van der Waals surface area contributed by atoms with Crippen LogP contribution in [0.4, 0.5) is 0 Å². The Morgan fingerprint density at radius 2 is 2.20 bits per heavy atom.